The molecule has 4 nitrogen and oxygen atoms in total. The summed E-state index contributed by atoms with van der Waals surface area (Å²) in [6, 6.07) is 8.52. The third-order valence-electron chi connectivity index (χ3n) is 6.48. The average molecular weight is 357 g/mol. The molecule has 4 heteroatoms. The van der Waals surface area contributed by atoms with Crippen molar-refractivity contribution in [3.63, 3.8) is 0 Å². The van der Waals surface area contributed by atoms with Gasteiger partial charge in [-0.05, 0) is 55.7 Å². The van der Waals surface area contributed by atoms with Crippen LogP contribution in [0.5, 0.6) is 0 Å². The van der Waals surface area contributed by atoms with Crippen LogP contribution >= 0.6 is 0 Å². The highest BCUT2D eigenvalue weighted by Gasteiger charge is 2.31. The molecular weight excluding hydrogens is 324 g/mol. The fourth-order valence-corrected chi connectivity index (χ4v) is 4.67. The number of hydrogen-bond acceptors (Lipinski definition) is 3. The molecule has 0 bridgehead atoms. The van der Waals surface area contributed by atoms with Gasteiger partial charge in [-0.3, -0.25) is 9.69 Å². The molecule has 1 aliphatic heterocycles. The quantitative estimate of drug-likeness (QED) is 0.896. The molecule has 0 radical (unpaired) electrons. The van der Waals surface area contributed by atoms with E-state index in [9.17, 15) is 9.90 Å². The highest BCUT2D eigenvalue weighted by Crippen LogP contribution is 2.34. The summed E-state index contributed by atoms with van der Waals surface area (Å²) in [5, 5.41) is 10.6. The summed E-state index contributed by atoms with van der Waals surface area (Å²) in [6.45, 7) is 3.83. The summed E-state index contributed by atoms with van der Waals surface area (Å²) in [5.74, 6) is 0.519. The Morgan fingerprint density at radius 3 is 2.31 bits per heavy atom. The number of aliphatic hydroxyl groups is 1. The Hall–Kier alpha value is -1.39. The molecule has 2 saturated carbocycles. The van der Waals surface area contributed by atoms with Gasteiger partial charge in [0.05, 0.1) is 6.10 Å². The number of carbonyl (C=O) groups is 1. The van der Waals surface area contributed by atoms with Gasteiger partial charge < -0.3 is 10.0 Å². The maximum Gasteiger partial charge on any atom is 0.253 e. The highest BCUT2D eigenvalue weighted by atomic mass is 16.3. The molecule has 1 N–H and O–H groups in total. The summed E-state index contributed by atoms with van der Waals surface area (Å²) < 4.78 is 0. The number of nitrogens with zero attached hydrogens (tertiary/aromatic N) is 2. The molecular formula is C22H32N2O2. The topological polar surface area (TPSA) is 43.8 Å². The van der Waals surface area contributed by atoms with E-state index in [2.05, 4.69) is 4.90 Å². The summed E-state index contributed by atoms with van der Waals surface area (Å²) >= 11 is 0. The Morgan fingerprint density at radius 2 is 1.62 bits per heavy atom. The number of aliphatic hydroxyl groups excluding tert-OH is 1. The van der Waals surface area contributed by atoms with E-state index in [0.717, 1.165) is 62.6 Å². The van der Waals surface area contributed by atoms with Crippen LogP contribution in [0.1, 0.15) is 73.4 Å². The van der Waals surface area contributed by atoms with E-state index in [4.69, 9.17) is 0 Å². The zero-order chi connectivity index (χ0) is 17.9. The van der Waals surface area contributed by atoms with Crippen molar-refractivity contribution >= 4 is 5.91 Å². The molecule has 26 heavy (non-hydrogen) atoms. The van der Waals surface area contributed by atoms with Crippen molar-refractivity contribution in [1.82, 2.24) is 9.80 Å². The van der Waals surface area contributed by atoms with Crippen molar-refractivity contribution in [2.75, 3.05) is 26.2 Å². The first-order chi connectivity index (χ1) is 12.7. The second kappa shape index (κ2) is 8.10. The summed E-state index contributed by atoms with van der Waals surface area (Å²) in [4.78, 5) is 17.4. The molecule has 0 spiro atoms. The van der Waals surface area contributed by atoms with Crippen LogP contribution in [-0.2, 0) is 0 Å². The zero-order valence-electron chi connectivity index (χ0n) is 15.8. The fourth-order valence-electron chi connectivity index (χ4n) is 4.67. The zero-order valence-corrected chi connectivity index (χ0v) is 15.8. The van der Waals surface area contributed by atoms with Gasteiger partial charge in [-0.1, -0.05) is 31.4 Å². The van der Waals surface area contributed by atoms with Crippen LogP contribution in [0, 0.1) is 5.92 Å². The molecule has 2 aliphatic carbocycles. The second-order valence-electron chi connectivity index (χ2n) is 8.38. The normalized spacial score (nSPS) is 24.3. The third-order valence-corrected chi connectivity index (χ3v) is 6.48. The van der Waals surface area contributed by atoms with Gasteiger partial charge in [-0.15, -0.1) is 0 Å². The standard InChI is InChI=1S/C22H32N2O2/c25-21(17-5-2-1-3-6-17)18-7-9-19(10-8-18)22(26)24-14-4-13-23(15-16-24)20-11-12-20/h7-10,17,20-21,25H,1-6,11-16H2. The predicted octanol–water partition coefficient (Wildman–Crippen LogP) is 3.61. The van der Waals surface area contributed by atoms with Crippen LogP contribution < -0.4 is 0 Å². The lowest BCUT2D eigenvalue weighted by Crippen LogP contribution is -2.35. The molecule has 0 aromatic heterocycles. The van der Waals surface area contributed by atoms with E-state index in [1.165, 1.54) is 32.1 Å². The van der Waals surface area contributed by atoms with E-state index in [-0.39, 0.29) is 12.0 Å². The lowest BCUT2D eigenvalue weighted by molar-refractivity contribution is 0.0758. The Balaban J connectivity index is 1.37. The number of amides is 1. The minimum Gasteiger partial charge on any atom is -0.388 e. The van der Waals surface area contributed by atoms with E-state index in [0.29, 0.717) is 5.92 Å². The molecule has 1 atom stereocenters. The van der Waals surface area contributed by atoms with Crippen LogP contribution in [-0.4, -0.2) is 53.0 Å². The molecule has 1 amide bonds. The Labute approximate surface area is 157 Å². The van der Waals surface area contributed by atoms with Crippen molar-refractivity contribution in [2.24, 2.45) is 5.92 Å². The van der Waals surface area contributed by atoms with Crippen molar-refractivity contribution < 1.29 is 9.90 Å². The second-order valence-corrected chi connectivity index (χ2v) is 8.38. The van der Waals surface area contributed by atoms with Crippen LogP contribution in [0.3, 0.4) is 0 Å². The Morgan fingerprint density at radius 1 is 0.885 bits per heavy atom. The first kappa shape index (κ1) is 18.0. The number of carbonyl (C=O) groups excluding carboxylic acids is 1. The molecule has 1 saturated heterocycles. The number of rotatable bonds is 4. The van der Waals surface area contributed by atoms with Crippen LogP contribution in [0.2, 0.25) is 0 Å². The average Bonchev–Trinajstić information content (AvgIpc) is 3.54. The summed E-state index contributed by atoms with van der Waals surface area (Å²) in [7, 11) is 0. The van der Waals surface area contributed by atoms with E-state index < -0.39 is 0 Å². The Kier molecular flexibility index (Phi) is 5.60. The number of benzene rings is 1. The maximum atomic E-state index is 12.9. The summed E-state index contributed by atoms with van der Waals surface area (Å²) in [6.07, 6.45) is 9.34. The smallest absolute Gasteiger partial charge is 0.253 e. The fraction of sp³-hybridized carbons (Fsp3) is 0.682. The largest absolute Gasteiger partial charge is 0.388 e. The van der Waals surface area contributed by atoms with Gasteiger partial charge in [0, 0.05) is 37.8 Å². The van der Waals surface area contributed by atoms with Crippen molar-refractivity contribution in [3.05, 3.63) is 35.4 Å². The SMILES string of the molecule is O=C(c1ccc(C(O)C2CCCCC2)cc1)N1CCCN(C2CC2)CC1. The van der Waals surface area contributed by atoms with Gasteiger partial charge in [0.2, 0.25) is 0 Å². The molecule has 1 aromatic rings. The molecule has 4 rings (SSSR count). The van der Waals surface area contributed by atoms with Gasteiger partial charge in [0.25, 0.3) is 5.91 Å². The highest BCUT2D eigenvalue weighted by molar-refractivity contribution is 5.94. The first-order valence-corrected chi connectivity index (χ1v) is 10.5. The van der Waals surface area contributed by atoms with E-state index >= 15 is 0 Å². The van der Waals surface area contributed by atoms with Crippen LogP contribution in [0.4, 0.5) is 0 Å². The molecule has 1 aromatic carbocycles. The van der Waals surface area contributed by atoms with Crippen molar-refractivity contribution in [2.45, 2.75) is 63.5 Å². The van der Waals surface area contributed by atoms with E-state index in [1.54, 1.807) is 0 Å². The lowest BCUT2D eigenvalue weighted by Gasteiger charge is -2.27. The molecule has 142 valence electrons. The molecule has 3 aliphatic rings. The minimum absolute atomic E-state index is 0.140. The number of hydrogen-bond donors (Lipinski definition) is 1. The minimum atomic E-state index is -0.385. The van der Waals surface area contributed by atoms with Gasteiger partial charge >= 0.3 is 0 Å². The monoisotopic (exact) mass is 356 g/mol. The molecule has 3 fully saturated rings. The third kappa shape index (κ3) is 4.12. The lowest BCUT2D eigenvalue weighted by atomic mass is 9.82. The molecule has 1 unspecified atom stereocenters. The first-order valence-electron chi connectivity index (χ1n) is 10.5. The van der Waals surface area contributed by atoms with Gasteiger partial charge in [-0.2, -0.15) is 0 Å². The van der Waals surface area contributed by atoms with Crippen LogP contribution in [0.25, 0.3) is 0 Å². The van der Waals surface area contributed by atoms with Crippen molar-refractivity contribution in [1.29, 1.82) is 0 Å². The van der Waals surface area contributed by atoms with Crippen molar-refractivity contribution in [3.8, 4) is 0 Å². The van der Waals surface area contributed by atoms with E-state index in [1.807, 2.05) is 29.2 Å². The van der Waals surface area contributed by atoms with Gasteiger partial charge in [-0.25, -0.2) is 0 Å². The maximum absolute atomic E-state index is 12.9. The van der Waals surface area contributed by atoms with Gasteiger partial charge in [0.1, 0.15) is 0 Å². The van der Waals surface area contributed by atoms with Crippen LogP contribution in [0.15, 0.2) is 24.3 Å². The summed E-state index contributed by atoms with van der Waals surface area (Å²) in [5.41, 5.74) is 1.72. The Bertz CT molecular complexity index is 605. The van der Waals surface area contributed by atoms with Gasteiger partial charge in [0.15, 0.2) is 0 Å². The molecule has 1 heterocycles. The predicted molar refractivity (Wildman–Crippen MR) is 103 cm³/mol.